The van der Waals surface area contributed by atoms with Crippen molar-refractivity contribution in [1.82, 2.24) is 0 Å². The van der Waals surface area contributed by atoms with Crippen LogP contribution in [0.3, 0.4) is 0 Å². The predicted octanol–water partition coefficient (Wildman–Crippen LogP) is 5.66. The molecule has 0 aliphatic rings. The molecule has 6 heteroatoms. The van der Waals surface area contributed by atoms with Crippen molar-refractivity contribution >= 4 is 27.9 Å². The van der Waals surface area contributed by atoms with Crippen molar-refractivity contribution in [3.8, 4) is 17.1 Å². The van der Waals surface area contributed by atoms with Gasteiger partial charge in [-0.3, -0.25) is 4.79 Å². The topological polar surface area (TPSA) is 78.9 Å². The van der Waals surface area contributed by atoms with E-state index in [1.54, 1.807) is 26.0 Å². The van der Waals surface area contributed by atoms with Crippen molar-refractivity contribution in [3.05, 3.63) is 64.5 Å². The van der Waals surface area contributed by atoms with Gasteiger partial charge in [0.15, 0.2) is 6.10 Å². The van der Waals surface area contributed by atoms with Crippen molar-refractivity contribution < 1.29 is 23.1 Å². The normalized spacial score (nSPS) is 12.4. The van der Waals surface area contributed by atoms with Crippen LogP contribution in [0.25, 0.3) is 33.3 Å². The third kappa shape index (κ3) is 3.93. The van der Waals surface area contributed by atoms with E-state index in [4.69, 9.17) is 18.3 Å². The van der Waals surface area contributed by atoms with E-state index in [0.717, 1.165) is 10.9 Å². The Kier molecular flexibility index (Phi) is 5.55. The number of hydrogen-bond acceptors (Lipinski definition) is 6. The van der Waals surface area contributed by atoms with Crippen LogP contribution < -0.4 is 10.2 Å². The molecule has 6 nitrogen and oxygen atoms in total. The lowest BCUT2D eigenvalue weighted by atomic mass is 9.99. The maximum atomic E-state index is 13.3. The van der Waals surface area contributed by atoms with Gasteiger partial charge in [0.25, 0.3) is 0 Å². The molecule has 0 unspecified atom stereocenters. The molecule has 0 aliphatic heterocycles. The zero-order valence-corrected chi connectivity index (χ0v) is 17.9. The number of esters is 1. The van der Waals surface area contributed by atoms with E-state index in [1.807, 2.05) is 44.2 Å². The smallest absolute Gasteiger partial charge is 0.347 e. The Balaban J connectivity index is 1.80. The SMILES string of the molecule is CCOC(=O)[C@@H](C)Oc1cc2occ(-c3cc4ccccc4o3)c(=O)c2cc1C(C)C. The zero-order chi connectivity index (χ0) is 22.1. The standard InChI is InChI=1S/C25H24O6/c1-5-28-25(27)15(4)30-23-12-21-18(11-17(23)14(2)3)24(26)19(13-29-21)22-10-16-8-6-7-9-20(16)31-22/h6-15H,5H2,1-4H3/t15-/m1/s1. The van der Waals surface area contributed by atoms with E-state index >= 15 is 0 Å². The largest absolute Gasteiger partial charge is 0.479 e. The fourth-order valence-corrected chi connectivity index (χ4v) is 3.51. The predicted molar refractivity (Wildman–Crippen MR) is 119 cm³/mol. The van der Waals surface area contributed by atoms with Crippen molar-refractivity contribution in [2.24, 2.45) is 0 Å². The highest BCUT2D eigenvalue weighted by Crippen LogP contribution is 2.33. The Morgan fingerprint density at radius 1 is 1.06 bits per heavy atom. The summed E-state index contributed by atoms with van der Waals surface area (Å²) >= 11 is 0. The molecular formula is C25H24O6. The minimum Gasteiger partial charge on any atom is -0.479 e. The molecule has 2 aromatic carbocycles. The van der Waals surface area contributed by atoms with Crippen LogP contribution in [-0.2, 0) is 9.53 Å². The van der Waals surface area contributed by atoms with Gasteiger partial charge in [-0.15, -0.1) is 0 Å². The van der Waals surface area contributed by atoms with Gasteiger partial charge in [0.05, 0.1) is 12.0 Å². The summed E-state index contributed by atoms with van der Waals surface area (Å²) in [7, 11) is 0. The van der Waals surface area contributed by atoms with E-state index in [0.29, 0.717) is 33.6 Å². The summed E-state index contributed by atoms with van der Waals surface area (Å²) in [6.45, 7) is 7.64. The van der Waals surface area contributed by atoms with Crippen molar-refractivity contribution in [2.75, 3.05) is 6.61 Å². The highest BCUT2D eigenvalue weighted by atomic mass is 16.6. The molecule has 0 amide bonds. The van der Waals surface area contributed by atoms with Crippen molar-refractivity contribution in [1.29, 1.82) is 0 Å². The number of carbonyl (C=O) groups is 1. The monoisotopic (exact) mass is 420 g/mol. The Morgan fingerprint density at radius 3 is 2.55 bits per heavy atom. The van der Waals surface area contributed by atoms with Crippen LogP contribution in [0, 0.1) is 0 Å². The van der Waals surface area contributed by atoms with Crippen LogP contribution in [0.2, 0.25) is 0 Å². The first-order chi connectivity index (χ1) is 14.9. The quantitative estimate of drug-likeness (QED) is 0.375. The molecular weight excluding hydrogens is 396 g/mol. The summed E-state index contributed by atoms with van der Waals surface area (Å²) < 4.78 is 22.5. The Morgan fingerprint density at radius 2 is 1.84 bits per heavy atom. The zero-order valence-electron chi connectivity index (χ0n) is 17.9. The maximum Gasteiger partial charge on any atom is 0.347 e. The average molecular weight is 420 g/mol. The van der Waals surface area contributed by atoms with Gasteiger partial charge in [-0.05, 0) is 43.5 Å². The first-order valence-corrected chi connectivity index (χ1v) is 10.3. The van der Waals surface area contributed by atoms with Gasteiger partial charge >= 0.3 is 5.97 Å². The molecule has 0 N–H and O–H groups in total. The van der Waals surface area contributed by atoms with E-state index in [9.17, 15) is 9.59 Å². The first-order valence-electron chi connectivity index (χ1n) is 10.3. The number of rotatable bonds is 6. The second kappa shape index (κ2) is 8.30. The highest BCUT2D eigenvalue weighted by Gasteiger charge is 2.21. The Bertz CT molecular complexity index is 1280. The van der Waals surface area contributed by atoms with Crippen molar-refractivity contribution in [3.63, 3.8) is 0 Å². The van der Waals surface area contributed by atoms with Crippen LogP contribution in [-0.4, -0.2) is 18.7 Å². The number of hydrogen-bond donors (Lipinski definition) is 0. The number of furan rings is 1. The van der Waals surface area contributed by atoms with Crippen LogP contribution >= 0.6 is 0 Å². The van der Waals surface area contributed by atoms with Gasteiger partial charge in [0, 0.05) is 11.5 Å². The molecule has 0 spiro atoms. The minimum absolute atomic E-state index is 0.0584. The van der Waals surface area contributed by atoms with Gasteiger partial charge in [-0.25, -0.2) is 4.79 Å². The fraction of sp³-hybridized carbons (Fsp3) is 0.280. The first kappa shape index (κ1) is 20.7. The molecule has 2 heterocycles. The minimum atomic E-state index is -0.781. The number of fused-ring (bicyclic) bond motifs is 2. The molecule has 1 atom stereocenters. The molecule has 31 heavy (non-hydrogen) atoms. The second-order valence-corrected chi connectivity index (χ2v) is 7.68. The van der Waals surface area contributed by atoms with Crippen LogP contribution in [0.5, 0.6) is 5.75 Å². The molecule has 0 saturated carbocycles. The van der Waals surface area contributed by atoms with Crippen molar-refractivity contribution in [2.45, 2.75) is 39.7 Å². The number of benzene rings is 2. The fourth-order valence-electron chi connectivity index (χ4n) is 3.51. The van der Waals surface area contributed by atoms with Gasteiger partial charge in [0.2, 0.25) is 5.43 Å². The Hall–Kier alpha value is -3.54. The van der Waals surface area contributed by atoms with Gasteiger partial charge in [-0.1, -0.05) is 32.0 Å². The van der Waals surface area contributed by atoms with E-state index < -0.39 is 12.1 Å². The average Bonchev–Trinajstić information content (AvgIpc) is 3.17. The van der Waals surface area contributed by atoms with Crippen LogP contribution in [0.1, 0.15) is 39.2 Å². The molecule has 0 aliphatic carbocycles. The van der Waals surface area contributed by atoms with Gasteiger partial charge in [0.1, 0.15) is 34.5 Å². The molecule has 160 valence electrons. The van der Waals surface area contributed by atoms with E-state index in [-0.39, 0.29) is 18.0 Å². The molecule has 0 saturated heterocycles. The second-order valence-electron chi connectivity index (χ2n) is 7.68. The summed E-state index contributed by atoms with van der Waals surface area (Å²) in [6.07, 6.45) is 0.618. The summed E-state index contributed by atoms with van der Waals surface area (Å²) in [5, 5.41) is 1.34. The molecule has 4 rings (SSSR count). The number of para-hydroxylation sites is 1. The van der Waals surface area contributed by atoms with Gasteiger partial charge < -0.3 is 18.3 Å². The summed E-state index contributed by atoms with van der Waals surface area (Å²) in [5.41, 5.74) is 2.05. The Labute approximate surface area is 179 Å². The number of carbonyl (C=O) groups excluding carboxylic acids is 1. The number of ether oxygens (including phenoxy) is 2. The third-order valence-corrected chi connectivity index (χ3v) is 5.14. The lowest BCUT2D eigenvalue weighted by molar-refractivity contribution is -0.150. The van der Waals surface area contributed by atoms with E-state index in [1.165, 1.54) is 6.26 Å². The van der Waals surface area contributed by atoms with Gasteiger partial charge in [-0.2, -0.15) is 0 Å². The van der Waals surface area contributed by atoms with E-state index in [2.05, 4.69) is 0 Å². The van der Waals surface area contributed by atoms with Crippen LogP contribution in [0.15, 0.2) is 62.4 Å². The lowest BCUT2D eigenvalue weighted by Crippen LogP contribution is -2.26. The highest BCUT2D eigenvalue weighted by molar-refractivity contribution is 5.87. The third-order valence-electron chi connectivity index (χ3n) is 5.14. The summed E-state index contributed by atoms with van der Waals surface area (Å²) in [6, 6.07) is 12.8. The maximum absolute atomic E-state index is 13.3. The summed E-state index contributed by atoms with van der Waals surface area (Å²) in [5.74, 6) is 0.559. The summed E-state index contributed by atoms with van der Waals surface area (Å²) in [4.78, 5) is 25.3. The molecule has 0 bridgehead atoms. The molecule has 0 radical (unpaired) electrons. The van der Waals surface area contributed by atoms with Crippen LogP contribution in [0.4, 0.5) is 0 Å². The molecule has 4 aromatic rings. The lowest BCUT2D eigenvalue weighted by Gasteiger charge is -2.18. The molecule has 0 fully saturated rings. The molecule has 2 aromatic heterocycles.